The predicted molar refractivity (Wildman–Crippen MR) is 57.8 cm³/mol. The molecule has 0 bridgehead atoms. The molecule has 0 radical (unpaired) electrons. The molecule has 1 aliphatic heterocycles. The molecule has 1 unspecified atom stereocenters. The van der Waals surface area contributed by atoms with E-state index >= 15 is 0 Å². The van der Waals surface area contributed by atoms with Crippen LogP contribution >= 0.6 is 0 Å². The van der Waals surface area contributed by atoms with E-state index in [9.17, 15) is 4.79 Å². The van der Waals surface area contributed by atoms with E-state index < -0.39 is 0 Å². The lowest BCUT2D eigenvalue weighted by molar-refractivity contribution is -0.134. The second-order valence-corrected chi connectivity index (χ2v) is 3.81. The lowest BCUT2D eigenvalue weighted by Gasteiger charge is -2.35. The van der Waals surface area contributed by atoms with Crippen molar-refractivity contribution >= 4 is 5.91 Å². The van der Waals surface area contributed by atoms with Crippen LogP contribution in [0.25, 0.3) is 0 Å². The van der Waals surface area contributed by atoms with E-state index in [-0.39, 0.29) is 5.91 Å². The number of piperidine rings is 1. The SMILES string of the molecule is C=CCC(=O)N1CCCCC1CCN. The number of rotatable bonds is 4. The minimum absolute atomic E-state index is 0.207. The molecule has 0 saturated carbocycles. The number of nitrogens with two attached hydrogens (primary N) is 1. The summed E-state index contributed by atoms with van der Waals surface area (Å²) in [7, 11) is 0. The van der Waals surface area contributed by atoms with E-state index in [4.69, 9.17) is 5.73 Å². The Labute approximate surface area is 86.0 Å². The van der Waals surface area contributed by atoms with Crippen molar-refractivity contribution < 1.29 is 4.79 Å². The first kappa shape index (κ1) is 11.2. The smallest absolute Gasteiger partial charge is 0.226 e. The van der Waals surface area contributed by atoms with Crippen LogP contribution in [0.4, 0.5) is 0 Å². The van der Waals surface area contributed by atoms with Crippen LogP contribution in [0.2, 0.25) is 0 Å². The van der Waals surface area contributed by atoms with Gasteiger partial charge in [0.1, 0.15) is 0 Å². The van der Waals surface area contributed by atoms with Crippen molar-refractivity contribution in [3.8, 4) is 0 Å². The van der Waals surface area contributed by atoms with Gasteiger partial charge in [0, 0.05) is 19.0 Å². The van der Waals surface area contributed by atoms with Crippen molar-refractivity contribution in [3.63, 3.8) is 0 Å². The summed E-state index contributed by atoms with van der Waals surface area (Å²) in [6.07, 6.45) is 6.53. The first-order chi connectivity index (χ1) is 6.79. The highest BCUT2D eigenvalue weighted by molar-refractivity contribution is 5.78. The first-order valence-corrected chi connectivity index (χ1v) is 5.40. The molecule has 0 spiro atoms. The molecule has 0 aromatic carbocycles. The number of carbonyl (C=O) groups is 1. The normalized spacial score (nSPS) is 22.1. The zero-order chi connectivity index (χ0) is 10.4. The van der Waals surface area contributed by atoms with Gasteiger partial charge in [0.25, 0.3) is 0 Å². The molecule has 2 N–H and O–H groups in total. The minimum Gasteiger partial charge on any atom is -0.339 e. The van der Waals surface area contributed by atoms with Crippen LogP contribution in [0.15, 0.2) is 12.7 Å². The molecule has 80 valence electrons. The molecule has 1 fully saturated rings. The van der Waals surface area contributed by atoms with Crippen LogP contribution in [-0.2, 0) is 4.79 Å². The molecule has 3 heteroatoms. The Kier molecular flexibility index (Phi) is 4.66. The fraction of sp³-hybridized carbons (Fsp3) is 0.727. The first-order valence-electron chi connectivity index (χ1n) is 5.40. The lowest BCUT2D eigenvalue weighted by Crippen LogP contribution is -2.44. The van der Waals surface area contributed by atoms with Gasteiger partial charge in [-0.1, -0.05) is 6.08 Å². The van der Waals surface area contributed by atoms with E-state index in [0.29, 0.717) is 19.0 Å². The third-order valence-corrected chi connectivity index (χ3v) is 2.77. The number of carbonyl (C=O) groups excluding carboxylic acids is 1. The maximum Gasteiger partial charge on any atom is 0.226 e. The molecule has 14 heavy (non-hydrogen) atoms. The summed E-state index contributed by atoms with van der Waals surface area (Å²) in [4.78, 5) is 13.7. The molecule has 0 aromatic heterocycles. The topological polar surface area (TPSA) is 46.3 Å². The highest BCUT2D eigenvalue weighted by atomic mass is 16.2. The second kappa shape index (κ2) is 5.81. The van der Waals surface area contributed by atoms with Crippen LogP contribution in [-0.4, -0.2) is 29.9 Å². The van der Waals surface area contributed by atoms with Crippen molar-refractivity contribution in [3.05, 3.63) is 12.7 Å². The summed E-state index contributed by atoms with van der Waals surface area (Å²) in [5, 5.41) is 0. The number of amides is 1. The van der Waals surface area contributed by atoms with Crippen LogP contribution < -0.4 is 5.73 Å². The van der Waals surface area contributed by atoms with E-state index in [0.717, 1.165) is 25.8 Å². The zero-order valence-electron chi connectivity index (χ0n) is 8.74. The Balaban J connectivity index is 2.52. The molecule has 1 aliphatic rings. The molecule has 0 aliphatic carbocycles. The summed E-state index contributed by atoms with van der Waals surface area (Å²) in [6.45, 7) is 5.16. The van der Waals surface area contributed by atoms with E-state index in [1.165, 1.54) is 6.42 Å². The summed E-state index contributed by atoms with van der Waals surface area (Å²) in [5.74, 6) is 0.207. The number of nitrogens with zero attached hydrogens (tertiary/aromatic N) is 1. The Morgan fingerprint density at radius 3 is 3.00 bits per heavy atom. The third-order valence-electron chi connectivity index (χ3n) is 2.77. The van der Waals surface area contributed by atoms with Gasteiger partial charge in [0.05, 0.1) is 0 Å². The zero-order valence-corrected chi connectivity index (χ0v) is 8.74. The van der Waals surface area contributed by atoms with Gasteiger partial charge in [0.15, 0.2) is 0 Å². The summed E-state index contributed by atoms with van der Waals surface area (Å²) in [6, 6.07) is 0.376. The van der Waals surface area contributed by atoms with Crippen LogP contribution in [0.5, 0.6) is 0 Å². The van der Waals surface area contributed by atoms with Gasteiger partial charge in [-0.15, -0.1) is 6.58 Å². The van der Waals surface area contributed by atoms with Gasteiger partial charge in [-0.05, 0) is 32.2 Å². The minimum atomic E-state index is 0.207. The second-order valence-electron chi connectivity index (χ2n) is 3.81. The van der Waals surface area contributed by atoms with Crippen LogP contribution in [0.1, 0.15) is 32.1 Å². The average molecular weight is 196 g/mol. The molecule has 1 amide bonds. The van der Waals surface area contributed by atoms with Gasteiger partial charge >= 0.3 is 0 Å². The third kappa shape index (κ3) is 2.84. The fourth-order valence-corrected chi connectivity index (χ4v) is 2.06. The molecule has 1 atom stereocenters. The fourth-order valence-electron chi connectivity index (χ4n) is 2.06. The largest absolute Gasteiger partial charge is 0.339 e. The summed E-state index contributed by atoms with van der Waals surface area (Å²) in [5.41, 5.74) is 5.54. The van der Waals surface area contributed by atoms with Gasteiger partial charge in [-0.2, -0.15) is 0 Å². The van der Waals surface area contributed by atoms with E-state index in [2.05, 4.69) is 6.58 Å². The Morgan fingerprint density at radius 1 is 1.57 bits per heavy atom. The molecule has 0 aromatic rings. The van der Waals surface area contributed by atoms with Crippen molar-refractivity contribution in [1.29, 1.82) is 0 Å². The highest BCUT2D eigenvalue weighted by Gasteiger charge is 2.24. The maximum absolute atomic E-state index is 11.7. The maximum atomic E-state index is 11.7. The van der Waals surface area contributed by atoms with Crippen molar-refractivity contribution in [2.75, 3.05) is 13.1 Å². The lowest BCUT2D eigenvalue weighted by atomic mass is 9.99. The predicted octanol–water partition coefficient (Wildman–Crippen LogP) is 1.29. The van der Waals surface area contributed by atoms with Crippen molar-refractivity contribution in [2.24, 2.45) is 5.73 Å². The molecule has 1 rings (SSSR count). The number of hydrogen-bond donors (Lipinski definition) is 1. The average Bonchev–Trinajstić information content (AvgIpc) is 2.19. The summed E-state index contributed by atoms with van der Waals surface area (Å²) < 4.78 is 0. The Hall–Kier alpha value is -0.830. The van der Waals surface area contributed by atoms with Crippen molar-refractivity contribution in [1.82, 2.24) is 4.90 Å². The molecular weight excluding hydrogens is 176 g/mol. The number of hydrogen-bond acceptors (Lipinski definition) is 2. The molecular formula is C11H20N2O. The Morgan fingerprint density at radius 2 is 2.36 bits per heavy atom. The Bertz CT molecular complexity index is 201. The van der Waals surface area contributed by atoms with Crippen LogP contribution in [0.3, 0.4) is 0 Å². The van der Waals surface area contributed by atoms with Crippen molar-refractivity contribution in [2.45, 2.75) is 38.1 Å². The van der Waals surface area contributed by atoms with Crippen LogP contribution in [0, 0.1) is 0 Å². The quantitative estimate of drug-likeness (QED) is 0.689. The molecule has 1 saturated heterocycles. The van der Waals surface area contributed by atoms with E-state index in [1.54, 1.807) is 6.08 Å². The highest BCUT2D eigenvalue weighted by Crippen LogP contribution is 2.19. The van der Waals surface area contributed by atoms with E-state index in [1.807, 2.05) is 4.90 Å². The number of likely N-dealkylation sites (tertiary alicyclic amines) is 1. The van der Waals surface area contributed by atoms with Gasteiger partial charge < -0.3 is 10.6 Å². The van der Waals surface area contributed by atoms with Gasteiger partial charge in [0.2, 0.25) is 5.91 Å². The summed E-state index contributed by atoms with van der Waals surface area (Å²) >= 11 is 0. The molecule has 1 heterocycles. The monoisotopic (exact) mass is 196 g/mol. The van der Waals surface area contributed by atoms with Gasteiger partial charge in [-0.3, -0.25) is 4.79 Å². The standard InChI is InChI=1S/C11H20N2O/c1-2-5-11(14)13-9-4-3-6-10(13)7-8-12/h2,10H,1,3-9,12H2. The molecule has 3 nitrogen and oxygen atoms in total. The van der Waals surface area contributed by atoms with Gasteiger partial charge in [-0.25, -0.2) is 0 Å².